The molecule has 0 radical (unpaired) electrons. The summed E-state index contributed by atoms with van der Waals surface area (Å²) in [5.41, 5.74) is 5.74. The highest BCUT2D eigenvalue weighted by Crippen LogP contribution is 2.22. The Morgan fingerprint density at radius 1 is 1.57 bits per heavy atom. The van der Waals surface area contributed by atoms with Crippen molar-refractivity contribution in [3.05, 3.63) is 0 Å². The van der Waals surface area contributed by atoms with Crippen molar-refractivity contribution < 1.29 is 0 Å². The molecule has 1 aliphatic rings. The van der Waals surface area contributed by atoms with Crippen molar-refractivity contribution >= 4 is 0 Å². The minimum Gasteiger partial charge on any atom is -0.330 e. The van der Waals surface area contributed by atoms with Gasteiger partial charge in [0, 0.05) is 12.6 Å². The minimum absolute atomic E-state index is 0.580. The largest absolute Gasteiger partial charge is 0.330 e. The van der Waals surface area contributed by atoms with Crippen LogP contribution in [0.15, 0.2) is 0 Å². The molecule has 84 valence electrons. The number of nitrogens with zero attached hydrogens (tertiary/aromatic N) is 1. The quantitative estimate of drug-likeness (QED) is 0.693. The molecule has 0 amide bonds. The van der Waals surface area contributed by atoms with Crippen LogP contribution in [0.1, 0.15) is 19.8 Å². The fourth-order valence-electron chi connectivity index (χ4n) is 2.63. The van der Waals surface area contributed by atoms with E-state index in [1.54, 1.807) is 0 Å². The molecule has 0 aromatic rings. The van der Waals surface area contributed by atoms with Crippen molar-refractivity contribution in [2.24, 2.45) is 17.6 Å². The number of piperidine rings is 1. The van der Waals surface area contributed by atoms with E-state index in [0.29, 0.717) is 12.0 Å². The number of likely N-dealkylation sites (tertiary alicyclic amines) is 1. The molecular formula is C11H25N3. The van der Waals surface area contributed by atoms with Crippen molar-refractivity contribution in [2.45, 2.75) is 25.8 Å². The minimum atomic E-state index is 0.580. The van der Waals surface area contributed by atoms with Crippen LogP contribution in [0, 0.1) is 11.8 Å². The fourth-order valence-corrected chi connectivity index (χ4v) is 2.63. The molecule has 3 N–H and O–H groups in total. The Morgan fingerprint density at radius 3 is 2.79 bits per heavy atom. The molecular weight excluding hydrogens is 174 g/mol. The van der Waals surface area contributed by atoms with Crippen molar-refractivity contribution in [1.82, 2.24) is 10.2 Å². The van der Waals surface area contributed by atoms with Gasteiger partial charge in [-0.3, -0.25) is 0 Å². The molecule has 3 nitrogen and oxygen atoms in total. The van der Waals surface area contributed by atoms with Gasteiger partial charge in [-0.25, -0.2) is 0 Å². The molecule has 0 saturated carbocycles. The highest BCUT2D eigenvalue weighted by molar-refractivity contribution is 4.84. The summed E-state index contributed by atoms with van der Waals surface area (Å²) in [6.07, 6.45) is 2.68. The Kier molecular flexibility index (Phi) is 4.85. The molecule has 0 aliphatic carbocycles. The number of hydrogen-bond acceptors (Lipinski definition) is 3. The molecule has 1 fully saturated rings. The molecule has 0 spiro atoms. The number of rotatable bonds is 4. The maximum Gasteiger partial charge on any atom is 0.0142 e. The molecule has 1 aliphatic heterocycles. The van der Waals surface area contributed by atoms with Crippen LogP contribution in [0.5, 0.6) is 0 Å². The Balaban J connectivity index is 2.50. The van der Waals surface area contributed by atoms with E-state index < -0.39 is 0 Å². The van der Waals surface area contributed by atoms with Gasteiger partial charge in [-0.1, -0.05) is 6.92 Å². The first-order valence-electron chi connectivity index (χ1n) is 5.75. The van der Waals surface area contributed by atoms with Gasteiger partial charge >= 0.3 is 0 Å². The summed E-state index contributed by atoms with van der Waals surface area (Å²) >= 11 is 0. The summed E-state index contributed by atoms with van der Waals surface area (Å²) in [5.74, 6) is 1.36. The van der Waals surface area contributed by atoms with E-state index >= 15 is 0 Å². The zero-order valence-corrected chi connectivity index (χ0v) is 9.79. The normalized spacial score (nSPS) is 28.7. The van der Waals surface area contributed by atoms with Gasteiger partial charge in [-0.2, -0.15) is 0 Å². The van der Waals surface area contributed by atoms with E-state index in [1.165, 1.54) is 25.9 Å². The summed E-state index contributed by atoms with van der Waals surface area (Å²) in [4.78, 5) is 2.43. The van der Waals surface area contributed by atoms with Crippen molar-refractivity contribution in [1.29, 1.82) is 0 Å². The summed E-state index contributed by atoms with van der Waals surface area (Å²) < 4.78 is 0. The first-order valence-corrected chi connectivity index (χ1v) is 5.75. The topological polar surface area (TPSA) is 41.3 Å². The molecule has 0 aromatic carbocycles. The van der Waals surface area contributed by atoms with Crippen LogP contribution in [-0.4, -0.2) is 44.7 Å². The third kappa shape index (κ3) is 2.94. The molecule has 3 unspecified atom stereocenters. The van der Waals surface area contributed by atoms with Gasteiger partial charge in [0.2, 0.25) is 0 Å². The third-order valence-corrected chi connectivity index (χ3v) is 3.49. The van der Waals surface area contributed by atoms with Gasteiger partial charge in [0.05, 0.1) is 0 Å². The standard InChI is InChI=1S/C11H25N3/c1-9(7-12)11(13-2)10-5-4-6-14(3)8-10/h9-11,13H,4-8,12H2,1-3H3. The van der Waals surface area contributed by atoms with Crippen LogP contribution >= 0.6 is 0 Å². The molecule has 1 saturated heterocycles. The average Bonchev–Trinajstić information content (AvgIpc) is 2.19. The highest BCUT2D eigenvalue weighted by Gasteiger charge is 2.27. The summed E-state index contributed by atoms with van der Waals surface area (Å²) in [6.45, 7) is 5.50. The lowest BCUT2D eigenvalue weighted by atomic mass is 9.84. The van der Waals surface area contributed by atoms with Crippen LogP contribution in [0.25, 0.3) is 0 Å². The van der Waals surface area contributed by atoms with Crippen LogP contribution in [0.3, 0.4) is 0 Å². The van der Waals surface area contributed by atoms with Gasteiger partial charge in [0.15, 0.2) is 0 Å². The van der Waals surface area contributed by atoms with Crippen LogP contribution in [0.2, 0.25) is 0 Å². The molecule has 1 rings (SSSR count). The van der Waals surface area contributed by atoms with Gasteiger partial charge in [0.1, 0.15) is 0 Å². The lowest BCUT2D eigenvalue weighted by molar-refractivity contribution is 0.154. The smallest absolute Gasteiger partial charge is 0.0142 e. The molecule has 3 heteroatoms. The number of hydrogen-bond donors (Lipinski definition) is 2. The van der Waals surface area contributed by atoms with Gasteiger partial charge in [-0.05, 0) is 51.9 Å². The third-order valence-electron chi connectivity index (χ3n) is 3.49. The lowest BCUT2D eigenvalue weighted by Gasteiger charge is -2.37. The number of nitrogens with one attached hydrogen (secondary N) is 1. The predicted octanol–water partition coefficient (Wildman–Crippen LogP) is 0.511. The second-order valence-corrected chi connectivity index (χ2v) is 4.69. The molecule has 1 heterocycles. The van der Waals surface area contributed by atoms with Crippen molar-refractivity contribution in [3.63, 3.8) is 0 Å². The van der Waals surface area contributed by atoms with Crippen molar-refractivity contribution in [3.8, 4) is 0 Å². The maximum absolute atomic E-state index is 5.74. The van der Waals surface area contributed by atoms with Crippen LogP contribution < -0.4 is 11.1 Å². The number of nitrogens with two attached hydrogens (primary N) is 1. The molecule has 0 bridgehead atoms. The van der Waals surface area contributed by atoms with E-state index in [1.807, 2.05) is 0 Å². The Morgan fingerprint density at radius 2 is 2.29 bits per heavy atom. The first kappa shape index (κ1) is 12.0. The van der Waals surface area contributed by atoms with E-state index in [-0.39, 0.29) is 0 Å². The van der Waals surface area contributed by atoms with Gasteiger partial charge in [0.25, 0.3) is 0 Å². The zero-order valence-electron chi connectivity index (χ0n) is 9.79. The Labute approximate surface area is 88.0 Å². The maximum atomic E-state index is 5.74. The van der Waals surface area contributed by atoms with Gasteiger partial charge in [-0.15, -0.1) is 0 Å². The average molecular weight is 199 g/mol. The van der Waals surface area contributed by atoms with E-state index in [2.05, 4.69) is 31.2 Å². The predicted molar refractivity (Wildman–Crippen MR) is 61.3 cm³/mol. The Hall–Kier alpha value is -0.120. The fraction of sp³-hybridized carbons (Fsp3) is 1.00. The van der Waals surface area contributed by atoms with E-state index in [0.717, 1.165) is 12.5 Å². The van der Waals surface area contributed by atoms with Gasteiger partial charge < -0.3 is 16.0 Å². The molecule has 3 atom stereocenters. The SMILES string of the molecule is CNC(C(C)CN)C1CCCN(C)C1. The lowest BCUT2D eigenvalue weighted by Crippen LogP contribution is -2.48. The Bertz CT molecular complexity index is 161. The highest BCUT2D eigenvalue weighted by atomic mass is 15.1. The zero-order chi connectivity index (χ0) is 10.6. The van der Waals surface area contributed by atoms with Crippen LogP contribution in [0.4, 0.5) is 0 Å². The second-order valence-electron chi connectivity index (χ2n) is 4.69. The first-order chi connectivity index (χ1) is 6.69. The second kappa shape index (κ2) is 5.69. The summed E-state index contributed by atoms with van der Waals surface area (Å²) in [6, 6.07) is 0.586. The van der Waals surface area contributed by atoms with Crippen LogP contribution in [-0.2, 0) is 0 Å². The molecule has 0 aromatic heterocycles. The monoisotopic (exact) mass is 199 g/mol. The summed E-state index contributed by atoms with van der Waals surface area (Å²) in [5, 5.41) is 3.44. The molecule has 14 heavy (non-hydrogen) atoms. The summed E-state index contributed by atoms with van der Waals surface area (Å²) in [7, 11) is 4.28. The van der Waals surface area contributed by atoms with Crippen molar-refractivity contribution in [2.75, 3.05) is 33.7 Å². The van der Waals surface area contributed by atoms with E-state index in [4.69, 9.17) is 5.73 Å². The van der Waals surface area contributed by atoms with E-state index in [9.17, 15) is 0 Å².